The van der Waals surface area contributed by atoms with Crippen LogP contribution in [0.5, 0.6) is 0 Å². The molecule has 1 aliphatic rings. The average molecular weight is 300 g/mol. The quantitative estimate of drug-likeness (QED) is 0.877. The molecule has 1 aliphatic heterocycles. The van der Waals surface area contributed by atoms with E-state index >= 15 is 0 Å². The molecule has 1 aromatic heterocycles. The summed E-state index contributed by atoms with van der Waals surface area (Å²) in [6.45, 7) is 4.31. The molecule has 0 saturated carbocycles. The molecule has 0 unspecified atom stereocenters. The number of aryl methyl sites for hydroxylation is 1. The number of amides is 1. The molecule has 2 aromatic rings. The third-order valence-corrected chi connectivity index (χ3v) is 4.37. The van der Waals surface area contributed by atoms with Gasteiger partial charge in [-0.2, -0.15) is 0 Å². The van der Waals surface area contributed by atoms with Crippen molar-refractivity contribution in [1.82, 2.24) is 4.90 Å². The molecule has 5 heteroatoms. The Morgan fingerprint density at radius 1 is 1.32 bits per heavy atom. The number of likely N-dealkylation sites (tertiary alicyclic amines) is 1. The van der Waals surface area contributed by atoms with Crippen molar-refractivity contribution >= 4 is 16.9 Å². The van der Waals surface area contributed by atoms with E-state index in [0.29, 0.717) is 12.1 Å². The van der Waals surface area contributed by atoms with Crippen LogP contribution in [-0.4, -0.2) is 23.9 Å². The summed E-state index contributed by atoms with van der Waals surface area (Å²) in [5, 5.41) is 0.974. The molecule has 0 bridgehead atoms. The highest BCUT2D eigenvalue weighted by molar-refractivity contribution is 5.80. The fourth-order valence-corrected chi connectivity index (χ4v) is 3.08. The zero-order valence-corrected chi connectivity index (χ0v) is 12.7. The summed E-state index contributed by atoms with van der Waals surface area (Å²) in [7, 11) is 0. The van der Waals surface area contributed by atoms with Crippen molar-refractivity contribution in [2.45, 2.75) is 26.3 Å². The number of carbonyl (C=O) groups is 1. The zero-order chi connectivity index (χ0) is 15.7. The number of hydrogen-bond donors (Lipinski definition) is 1. The normalized spacial score (nSPS) is 17.0. The average Bonchev–Trinajstić information content (AvgIpc) is 2.47. The lowest BCUT2D eigenvalue weighted by atomic mass is 9.96. The lowest BCUT2D eigenvalue weighted by molar-refractivity contribution is -0.123. The van der Waals surface area contributed by atoms with Gasteiger partial charge in [0.2, 0.25) is 5.91 Å². The Kier molecular flexibility index (Phi) is 3.98. The number of rotatable bonds is 3. The Bertz CT molecular complexity index is 758. The van der Waals surface area contributed by atoms with Crippen molar-refractivity contribution in [3.8, 4) is 0 Å². The third kappa shape index (κ3) is 3.04. The van der Waals surface area contributed by atoms with Gasteiger partial charge in [-0.3, -0.25) is 9.69 Å². The first-order chi connectivity index (χ1) is 10.5. The maximum absolute atomic E-state index is 11.8. The Morgan fingerprint density at radius 2 is 2.05 bits per heavy atom. The number of hydrogen-bond acceptors (Lipinski definition) is 4. The molecule has 3 rings (SSSR count). The standard InChI is InChI=1S/C17H20N2O3/c1-11-2-3-14-13(9-16(20)22-15(14)8-11)10-19-6-4-12(5-7-19)17(18)21/h2-3,8-9,12H,4-7,10H2,1H3,(H2,18,21). The van der Waals surface area contributed by atoms with Gasteiger partial charge in [-0.25, -0.2) is 4.79 Å². The van der Waals surface area contributed by atoms with Gasteiger partial charge in [0.1, 0.15) is 5.58 Å². The smallest absolute Gasteiger partial charge is 0.336 e. The third-order valence-electron chi connectivity index (χ3n) is 4.37. The molecule has 2 N–H and O–H groups in total. The first-order valence-corrected chi connectivity index (χ1v) is 7.58. The van der Waals surface area contributed by atoms with Gasteiger partial charge in [0.05, 0.1) is 0 Å². The van der Waals surface area contributed by atoms with Crippen molar-refractivity contribution in [3.63, 3.8) is 0 Å². The number of benzene rings is 1. The maximum Gasteiger partial charge on any atom is 0.336 e. The molecule has 0 atom stereocenters. The van der Waals surface area contributed by atoms with Gasteiger partial charge >= 0.3 is 5.63 Å². The molecule has 1 fully saturated rings. The summed E-state index contributed by atoms with van der Waals surface area (Å²) in [5.74, 6) is -0.225. The van der Waals surface area contributed by atoms with Gasteiger partial charge < -0.3 is 10.2 Å². The molecule has 0 radical (unpaired) electrons. The topological polar surface area (TPSA) is 76.5 Å². The summed E-state index contributed by atoms with van der Waals surface area (Å²) in [6, 6.07) is 7.47. The Balaban J connectivity index is 1.82. The summed E-state index contributed by atoms with van der Waals surface area (Å²) in [5.41, 5.74) is 7.72. The Labute approximate surface area is 128 Å². The van der Waals surface area contributed by atoms with E-state index in [0.717, 1.165) is 42.4 Å². The van der Waals surface area contributed by atoms with E-state index in [1.807, 2.05) is 25.1 Å². The van der Waals surface area contributed by atoms with E-state index in [1.165, 1.54) is 0 Å². The van der Waals surface area contributed by atoms with E-state index in [9.17, 15) is 9.59 Å². The van der Waals surface area contributed by atoms with Crippen LogP contribution < -0.4 is 11.4 Å². The van der Waals surface area contributed by atoms with E-state index in [4.69, 9.17) is 10.2 Å². The Morgan fingerprint density at radius 3 is 2.73 bits per heavy atom. The molecule has 1 aromatic carbocycles. The zero-order valence-electron chi connectivity index (χ0n) is 12.7. The van der Waals surface area contributed by atoms with Crippen molar-refractivity contribution in [1.29, 1.82) is 0 Å². The Hall–Kier alpha value is -2.14. The number of fused-ring (bicyclic) bond motifs is 1. The van der Waals surface area contributed by atoms with Crippen molar-refractivity contribution in [3.05, 3.63) is 45.8 Å². The monoisotopic (exact) mass is 300 g/mol. The van der Waals surface area contributed by atoms with Crippen LogP contribution >= 0.6 is 0 Å². The lowest BCUT2D eigenvalue weighted by Crippen LogP contribution is -2.38. The number of nitrogens with zero attached hydrogens (tertiary/aromatic N) is 1. The minimum atomic E-state index is -0.319. The van der Waals surface area contributed by atoms with Crippen molar-refractivity contribution in [2.24, 2.45) is 11.7 Å². The molecule has 22 heavy (non-hydrogen) atoms. The molecule has 0 aliphatic carbocycles. The molecule has 1 amide bonds. The number of carbonyl (C=O) groups excluding carboxylic acids is 1. The molecule has 1 saturated heterocycles. The van der Waals surface area contributed by atoms with Crippen LogP contribution in [-0.2, 0) is 11.3 Å². The second kappa shape index (κ2) is 5.93. The molecule has 116 valence electrons. The minimum Gasteiger partial charge on any atom is -0.423 e. The van der Waals surface area contributed by atoms with Crippen molar-refractivity contribution in [2.75, 3.05) is 13.1 Å². The second-order valence-corrected chi connectivity index (χ2v) is 6.04. The van der Waals surface area contributed by atoms with Crippen LogP contribution in [0.3, 0.4) is 0 Å². The van der Waals surface area contributed by atoms with Crippen molar-refractivity contribution < 1.29 is 9.21 Å². The second-order valence-electron chi connectivity index (χ2n) is 6.04. The fourth-order valence-electron chi connectivity index (χ4n) is 3.08. The van der Waals surface area contributed by atoms with E-state index in [1.54, 1.807) is 6.07 Å². The highest BCUT2D eigenvalue weighted by Crippen LogP contribution is 2.23. The maximum atomic E-state index is 11.8. The first-order valence-electron chi connectivity index (χ1n) is 7.58. The van der Waals surface area contributed by atoms with Crippen LogP contribution in [0.25, 0.3) is 11.0 Å². The van der Waals surface area contributed by atoms with Gasteiger partial charge in [0, 0.05) is 23.9 Å². The molecule has 2 heterocycles. The summed E-state index contributed by atoms with van der Waals surface area (Å²) >= 11 is 0. The van der Waals surface area contributed by atoms with Crippen LogP contribution in [0.1, 0.15) is 24.0 Å². The van der Waals surface area contributed by atoms with E-state index in [2.05, 4.69) is 4.90 Å². The van der Waals surface area contributed by atoms with Gasteiger partial charge in [-0.15, -0.1) is 0 Å². The summed E-state index contributed by atoms with van der Waals surface area (Å²) in [6.07, 6.45) is 1.57. The van der Waals surface area contributed by atoms with Crippen LogP contribution in [0, 0.1) is 12.8 Å². The first kappa shape index (κ1) is 14.8. The molecule has 5 nitrogen and oxygen atoms in total. The molecular weight excluding hydrogens is 280 g/mol. The van der Waals surface area contributed by atoms with Gasteiger partial charge in [0.25, 0.3) is 0 Å². The lowest BCUT2D eigenvalue weighted by Gasteiger charge is -2.30. The predicted octanol–water partition coefficient (Wildman–Crippen LogP) is 1.80. The molecular formula is C17H20N2O3. The summed E-state index contributed by atoms with van der Waals surface area (Å²) in [4.78, 5) is 25.2. The largest absolute Gasteiger partial charge is 0.423 e. The fraction of sp³-hybridized carbons (Fsp3) is 0.412. The van der Waals surface area contributed by atoms with Gasteiger partial charge in [0.15, 0.2) is 0 Å². The highest BCUT2D eigenvalue weighted by atomic mass is 16.4. The number of nitrogens with two attached hydrogens (primary N) is 1. The van der Waals surface area contributed by atoms with Crippen LogP contribution in [0.4, 0.5) is 0 Å². The highest BCUT2D eigenvalue weighted by Gasteiger charge is 2.23. The van der Waals surface area contributed by atoms with Crippen LogP contribution in [0.15, 0.2) is 33.5 Å². The number of piperidine rings is 1. The van der Waals surface area contributed by atoms with Gasteiger partial charge in [-0.1, -0.05) is 12.1 Å². The summed E-state index contributed by atoms with van der Waals surface area (Å²) < 4.78 is 5.29. The molecule has 0 spiro atoms. The number of primary amides is 1. The van der Waals surface area contributed by atoms with E-state index < -0.39 is 0 Å². The minimum absolute atomic E-state index is 0.0171. The van der Waals surface area contributed by atoms with Gasteiger partial charge in [-0.05, 0) is 50.0 Å². The predicted molar refractivity (Wildman–Crippen MR) is 84.4 cm³/mol. The van der Waals surface area contributed by atoms with Crippen LogP contribution in [0.2, 0.25) is 0 Å². The SMILES string of the molecule is Cc1ccc2c(CN3CCC(C(N)=O)CC3)cc(=O)oc2c1. The van der Waals surface area contributed by atoms with E-state index in [-0.39, 0.29) is 17.5 Å².